The highest BCUT2D eigenvalue weighted by molar-refractivity contribution is 7.89. The number of hydrogen-bond acceptors (Lipinski definition) is 4. The normalized spacial score (nSPS) is 17.6. The van der Waals surface area contributed by atoms with Crippen molar-refractivity contribution in [2.45, 2.75) is 56.4 Å². The summed E-state index contributed by atoms with van der Waals surface area (Å²) in [4.78, 5) is 12.3. The third-order valence-corrected chi connectivity index (χ3v) is 5.67. The van der Waals surface area contributed by atoms with E-state index in [1.807, 2.05) is 0 Å². The van der Waals surface area contributed by atoms with Crippen LogP contribution in [0, 0.1) is 0 Å². The van der Waals surface area contributed by atoms with E-state index in [4.69, 9.17) is 4.74 Å². The van der Waals surface area contributed by atoms with Crippen LogP contribution in [0.15, 0.2) is 29.2 Å². The van der Waals surface area contributed by atoms with Crippen LogP contribution in [0.4, 0.5) is 0 Å². The Morgan fingerprint density at radius 1 is 1.28 bits per heavy atom. The zero-order chi connectivity index (χ0) is 18.1. The molecule has 6 nitrogen and oxygen atoms in total. The molecule has 1 atom stereocenters. The molecule has 1 aliphatic rings. The number of carbonyl (C=O) groups is 1. The first kappa shape index (κ1) is 19.9. The van der Waals surface area contributed by atoms with E-state index in [1.165, 1.54) is 12.1 Å². The Kier molecular flexibility index (Phi) is 7.87. The van der Waals surface area contributed by atoms with Crippen molar-refractivity contribution in [1.29, 1.82) is 0 Å². The number of sulfonamides is 1. The molecule has 0 spiro atoms. The average molecular weight is 368 g/mol. The Hall–Kier alpha value is -1.44. The zero-order valence-electron chi connectivity index (χ0n) is 14.8. The number of amides is 1. The number of hydrogen-bond donors (Lipinski definition) is 2. The standard InChI is InChI=1S/C18H28N2O4S/c1-2-3-4-5-11-19-18(21)15-8-6-10-17(13-15)25(22,23)20-14-16-9-7-12-24-16/h6,8,10,13,16,20H,2-5,7,9,11-12,14H2,1H3,(H,19,21). The average Bonchev–Trinajstić information content (AvgIpc) is 3.13. The molecule has 0 saturated carbocycles. The molecule has 2 rings (SSSR count). The first-order valence-electron chi connectivity index (χ1n) is 9.02. The molecule has 7 heteroatoms. The van der Waals surface area contributed by atoms with Gasteiger partial charge in [-0.05, 0) is 37.5 Å². The molecule has 0 radical (unpaired) electrons. The molecule has 1 aliphatic heterocycles. The van der Waals surface area contributed by atoms with Crippen molar-refractivity contribution in [2.75, 3.05) is 19.7 Å². The van der Waals surface area contributed by atoms with Crippen molar-refractivity contribution in [2.24, 2.45) is 0 Å². The molecule has 25 heavy (non-hydrogen) atoms. The monoisotopic (exact) mass is 368 g/mol. The Morgan fingerprint density at radius 2 is 2.12 bits per heavy atom. The summed E-state index contributed by atoms with van der Waals surface area (Å²) in [5.41, 5.74) is 0.357. The molecule has 1 saturated heterocycles. The summed E-state index contributed by atoms with van der Waals surface area (Å²) in [5.74, 6) is -0.243. The largest absolute Gasteiger partial charge is 0.377 e. The van der Waals surface area contributed by atoms with Gasteiger partial charge >= 0.3 is 0 Å². The SMILES string of the molecule is CCCCCCNC(=O)c1cccc(S(=O)(=O)NCC2CCCO2)c1. The minimum Gasteiger partial charge on any atom is -0.377 e. The Morgan fingerprint density at radius 3 is 2.84 bits per heavy atom. The fraction of sp³-hybridized carbons (Fsp3) is 0.611. The molecule has 140 valence electrons. The molecule has 0 aliphatic carbocycles. The zero-order valence-corrected chi connectivity index (χ0v) is 15.6. The van der Waals surface area contributed by atoms with Crippen LogP contribution in [0.25, 0.3) is 0 Å². The molecule has 2 N–H and O–H groups in total. The van der Waals surface area contributed by atoms with Gasteiger partial charge in [-0.15, -0.1) is 0 Å². The van der Waals surface area contributed by atoms with Crippen molar-refractivity contribution < 1.29 is 17.9 Å². The van der Waals surface area contributed by atoms with Crippen LogP contribution in [0.1, 0.15) is 55.8 Å². The topological polar surface area (TPSA) is 84.5 Å². The summed E-state index contributed by atoms with van der Waals surface area (Å²) in [6, 6.07) is 6.13. The van der Waals surface area contributed by atoms with Gasteiger partial charge in [0.05, 0.1) is 11.0 Å². The van der Waals surface area contributed by atoms with Gasteiger partial charge in [0.2, 0.25) is 10.0 Å². The molecule has 1 fully saturated rings. The van der Waals surface area contributed by atoms with Gasteiger partial charge in [-0.25, -0.2) is 13.1 Å². The van der Waals surface area contributed by atoms with Crippen molar-refractivity contribution in [1.82, 2.24) is 10.0 Å². The van der Waals surface area contributed by atoms with E-state index in [2.05, 4.69) is 17.0 Å². The van der Waals surface area contributed by atoms with Crippen molar-refractivity contribution in [3.05, 3.63) is 29.8 Å². The predicted octanol–water partition coefficient (Wildman–Crippen LogP) is 2.45. The predicted molar refractivity (Wildman–Crippen MR) is 97.1 cm³/mol. The molecule has 1 unspecified atom stereocenters. The second kappa shape index (κ2) is 9.89. The van der Waals surface area contributed by atoms with Gasteiger partial charge in [-0.2, -0.15) is 0 Å². The molecule has 1 aromatic carbocycles. The molecule has 1 aromatic rings. The summed E-state index contributed by atoms with van der Waals surface area (Å²) in [7, 11) is -3.65. The lowest BCUT2D eigenvalue weighted by Gasteiger charge is -2.12. The summed E-state index contributed by atoms with van der Waals surface area (Å²) in [6.07, 6.45) is 6.07. The van der Waals surface area contributed by atoms with E-state index in [0.29, 0.717) is 18.7 Å². The van der Waals surface area contributed by atoms with E-state index in [1.54, 1.807) is 12.1 Å². The Bertz CT molecular complexity index is 655. The smallest absolute Gasteiger partial charge is 0.251 e. The first-order valence-corrected chi connectivity index (χ1v) is 10.5. The number of nitrogens with one attached hydrogen (secondary N) is 2. The Balaban J connectivity index is 1.91. The first-order chi connectivity index (χ1) is 12.0. The number of benzene rings is 1. The molecule has 1 heterocycles. The van der Waals surface area contributed by atoms with Crippen molar-refractivity contribution in [3.8, 4) is 0 Å². The van der Waals surface area contributed by atoms with Crippen LogP contribution in [0.3, 0.4) is 0 Å². The maximum absolute atomic E-state index is 12.4. The minimum absolute atomic E-state index is 0.0654. The number of rotatable bonds is 10. The lowest BCUT2D eigenvalue weighted by molar-refractivity contribution is 0.0952. The lowest BCUT2D eigenvalue weighted by atomic mass is 10.2. The van der Waals surface area contributed by atoms with E-state index in [9.17, 15) is 13.2 Å². The maximum atomic E-state index is 12.4. The van der Waals surface area contributed by atoms with Crippen LogP contribution in [0.5, 0.6) is 0 Å². The van der Waals surface area contributed by atoms with Gasteiger partial charge < -0.3 is 10.1 Å². The van der Waals surface area contributed by atoms with Crippen LogP contribution >= 0.6 is 0 Å². The molecule has 1 amide bonds. The molecular formula is C18H28N2O4S. The third kappa shape index (κ3) is 6.41. The second-order valence-corrected chi connectivity index (χ2v) is 8.10. The maximum Gasteiger partial charge on any atom is 0.251 e. The fourth-order valence-electron chi connectivity index (χ4n) is 2.75. The number of ether oxygens (including phenoxy) is 1. The van der Waals surface area contributed by atoms with Crippen molar-refractivity contribution in [3.63, 3.8) is 0 Å². The lowest BCUT2D eigenvalue weighted by Crippen LogP contribution is -2.32. The summed E-state index contributed by atoms with van der Waals surface area (Å²) in [5, 5.41) is 2.84. The molecule has 0 aromatic heterocycles. The summed E-state index contributed by atoms with van der Waals surface area (Å²) < 4.78 is 32.8. The highest BCUT2D eigenvalue weighted by Crippen LogP contribution is 2.14. The summed E-state index contributed by atoms with van der Waals surface area (Å²) in [6.45, 7) is 3.68. The van der Waals surface area contributed by atoms with E-state index in [-0.39, 0.29) is 23.5 Å². The number of unbranched alkanes of at least 4 members (excludes halogenated alkanes) is 3. The highest BCUT2D eigenvalue weighted by Gasteiger charge is 2.21. The second-order valence-electron chi connectivity index (χ2n) is 6.33. The Labute approximate surface area is 150 Å². The third-order valence-electron chi connectivity index (χ3n) is 4.25. The van der Waals surface area contributed by atoms with Crippen LogP contribution in [0.2, 0.25) is 0 Å². The highest BCUT2D eigenvalue weighted by atomic mass is 32.2. The quantitative estimate of drug-likeness (QED) is 0.621. The van der Waals surface area contributed by atoms with Crippen LogP contribution in [-0.4, -0.2) is 40.1 Å². The van der Waals surface area contributed by atoms with Gasteiger partial charge in [0.1, 0.15) is 0 Å². The van der Waals surface area contributed by atoms with Crippen LogP contribution in [-0.2, 0) is 14.8 Å². The van der Waals surface area contributed by atoms with E-state index >= 15 is 0 Å². The van der Waals surface area contributed by atoms with Gasteiger partial charge in [-0.3, -0.25) is 4.79 Å². The van der Waals surface area contributed by atoms with Gasteiger partial charge in [-0.1, -0.05) is 32.3 Å². The van der Waals surface area contributed by atoms with Crippen LogP contribution < -0.4 is 10.0 Å². The van der Waals surface area contributed by atoms with E-state index < -0.39 is 10.0 Å². The minimum atomic E-state index is -3.65. The molecular weight excluding hydrogens is 340 g/mol. The van der Waals surface area contributed by atoms with Gasteiger partial charge in [0, 0.05) is 25.3 Å². The fourth-order valence-corrected chi connectivity index (χ4v) is 3.86. The van der Waals surface area contributed by atoms with Crippen molar-refractivity contribution >= 4 is 15.9 Å². The summed E-state index contributed by atoms with van der Waals surface area (Å²) >= 11 is 0. The molecule has 0 bridgehead atoms. The van der Waals surface area contributed by atoms with Gasteiger partial charge in [0.15, 0.2) is 0 Å². The van der Waals surface area contributed by atoms with E-state index in [0.717, 1.165) is 38.5 Å². The number of carbonyl (C=O) groups excluding carboxylic acids is 1. The van der Waals surface area contributed by atoms with Gasteiger partial charge in [0.25, 0.3) is 5.91 Å².